The van der Waals surface area contributed by atoms with E-state index in [-0.39, 0.29) is 23.9 Å². The minimum Gasteiger partial charge on any atom is -0.379 e. The van der Waals surface area contributed by atoms with E-state index in [2.05, 4.69) is 4.72 Å². The standard InChI is InChI=1S/C15H24N2O5S2/c1-11-5-6-12(2)15(7-11)24(20,21)16-14-9-22-8-13(14)10-23(18,19)17(3)4/h5-7,13-14,16H,8-10H2,1-4H3/t13-,14-/m0/s1. The third-order valence-electron chi connectivity index (χ3n) is 4.12. The Balaban J connectivity index is 2.21. The second kappa shape index (κ2) is 7.09. The summed E-state index contributed by atoms with van der Waals surface area (Å²) in [5.41, 5.74) is 1.49. The lowest BCUT2D eigenvalue weighted by atomic mass is 10.1. The van der Waals surface area contributed by atoms with E-state index in [4.69, 9.17) is 4.74 Å². The number of hydrogen-bond donors (Lipinski definition) is 1. The predicted molar refractivity (Wildman–Crippen MR) is 91.8 cm³/mol. The normalized spacial score (nSPS) is 22.2. The molecule has 0 bridgehead atoms. The molecular formula is C15H24N2O5S2. The van der Waals surface area contributed by atoms with Gasteiger partial charge in [-0.3, -0.25) is 0 Å². The molecule has 1 aliphatic rings. The molecule has 0 aromatic heterocycles. The molecule has 1 heterocycles. The molecule has 0 radical (unpaired) electrons. The second-order valence-electron chi connectivity index (χ2n) is 6.36. The van der Waals surface area contributed by atoms with Gasteiger partial charge in [-0.15, -0.1) is 0 Å². The molecule has 2 rings (SSSR count). The summed E-state index contributed by atoms with van der Waals surface area (Å²) in [7, 11) is -4.26. The van der Waals surface area contributed by atoms with E-state index < -0.39 is 32.0 Å². The molecule has 2 atom stereocenters. The Morgan fingerprint density at radius 3 is 2.46 bits per heavy atom. The van der Waals surface area contributed by atoms with Gasteiger partial charge in [-0.2, -0.15) is 0 Å². The van der Waals surface area contributed by atoms with E-state index >= 15 is 0 Å². The summed E-state index contributed by atoms with van der Waals surface area (Å²) in [6.45, 7) is 3.93. The predicted octanol–water partition coefficient (Wildman–Crippen LogP) is 0.488. The highest BCUT2D eigenvalue weighted by molar-refractivity contribution is 7.89. The summed E-state index contributed by atoms with van der Waals surface area (Å²) in [6.07, 6.45) is 0. The molecule has 0 amide bonds. The van der Waals surface area contributed by atoms with Crippen molar-refractivity contribution in [1.82, 2.24) is 9.03 Å². The highest BCUT2D eigenvalue weighted by Gasteiger charge is 2.36. The third kappa shape index (κ3) is 4.34. The zero-order valence-corrected chi connectivity index (χ0v) is 15.9. The molecule has 0 unspecified atom stereocenters. The molecule has 9 heteroatoms. The van der Waals surface area contributed by atoms with Crippen LogP contribution in [0.15, 0.2) is 23.1 Å². The number of benzene rings is 1. The molecule has 1 aromatic rings. The fourth-order valence-electron chi connectivity index (χ4n) is 2.57. The maximum Gasteiger partial charge on any atom is 0.241 e. The molecule has 1 N–H and O–H groups in total. The zero-order chi connectivity index (χ0) is 18.1. The zero-order valence-electron chi connectivity index (χ0n) is 14.3. The fraction of sp³-hybridized carbons (Fsp3) is 0.600. The molecule has 1 saturated heterocycles. The van der Waals surface area contributed by atoms with Crippen molar-refractivity contribution < 1.29 is 21.6 Å². The van der Waals surface area contributed by atoms with E-state index in [9.17, 15) is 16.8 Å². The van der Waals surface area contributed by atoms with E-state index in [0.717, 1.165) is 9.87 Å². The molecule has 0 spiro atoms. The van der Waals surface area contributed by atoms with Crippen LogP contribution in [0.25, 0.3) is 0 Å². The van der Waals surface area contributed by atoms with Gasteiger partial charge in [0.15, 0.2) is 0 Å². The summed E-state index contributed by atoms with van der Waals surface area (Å²) >= 11 is 0. The van der Waals surface area contributed by atoms with Gasteiger partial charge in [0.1, 0.15) is 0 Å². The first-order valence-corrected chi connectivity index (χ1v) is 10.7. The Bertz CT molecular complexity index is 803. The number of nitrogens with zero attached hydrogens (tertiary/aromatic N) is 1. The van der Waals surface area contributed by atoms with Crippen molar-refractivity contribution in [3.05, 3.63) is 29.3 Å². The average molecular weight is 377 g/mol. The second-order valence-corrected chi connectivity index (χ2v) is 10.3. The van der Waals surface area contributed by atoms with E-state index in [1.165, 1.54) is 14.1 Å². The SMILES string of the molecule is Cc1ccc(C)c(S(=O)(=O)N[C@H]2COC[C@H]2CS(=O)(=O)N(C)C)c1. The Morgan fingerprint density at radius 2 is 1.83 bits per heavy atom. The Hall–Kier alpha value is -1.00. The monoisotopic (exact) mass is 376 g/mol. The fourth-order valence-corrected chi connectivity index (χ4v) is 5.36. The van der Waals surface area contributed by atoms with Crippen molar-refractivity contribution in [2.45, 2.75) is 24.8 Å². The number of rotatable bonds is 6. The molecule has 1 aromatic carbocycles. The number of aryl methyl sites for hydroxylation is 2. The van der Waals surface area contributed by atoms with Crippen molar-refractivity contribution in [2.75, 3.05) is 33.1 Å². The van der Waals surface area contributed by atoms with Crippen LogP contribution in [0.1, 0.15) is 11.1 Å². The highest BCUT2D eigenvalue weighted by Crippen LogP contribution is 2.22. The van der Waals surface area contributed by atoms with Crippen molar-refractivity contribution in [3.8, 4) is 0 Å². The van der Waals surface area contributed by atoms with Crippen molar-refractivity contribution >= 4 is 20.0 Å². The van der Waals surface area contributed by atoms with Crippen LogP contribution in [0.2, 0.25) is 0 Å². The molecule has 7 nitrogen and oxygen atoms in total. The van der Waals surface area contributed by atoms with Crippen molar-refractivity contribution in [2.24, 2.45) is 5.92 Å². The number of sulfonamides is 2. The lowest BCUT2D eigenvalue weighted by Crippen LogP contribution is -2.43. The summed E-state index contributed by atoms with van der Waals surface area (Å²) < 4.78 is 58.6. The Kier molecular flexibility index (Phi) is 5.71. The summed E-state index contributed by atoms with van der Waals surface area (Å²) in [6, 6.07) is 4.64. The van der Waals surface area contributed by atoms with Gasteiger partial charge < -0.3 is 4.74 Å². The van der Waals surface area contributed by atoms with E-state index in [1.807, 2.05) is 13.0 Å². The smallest absolute Gasteiger partial charge is 0.241 e. The van der Waals surface area contributed by atoms with Crippen LogP contribution in [0.5, 0.6) is 0 Å². The molecule has 0 aliphatic carbocycles. The van der Waals surface area contributed by atoms with Crippen LogP contribution in [-0.4, -0.2) is 60.2 Å². The van der Waals surface area contributed by atoms with Gasteiger partial charge in [0.05, 0.1) is 29.9 Å². The van der Waals surface area contributed by atoms with Crippen LogP contribution in [0, 0.1) is 19.8 Å². The van der Waals surface area contributed by atoms with Gasteiger partial charge in [0, 0.05) is 20.0 Å². The first-order chi connectivity index (χ1) is 11.0. The lowest BCUT2D eigenvalue weighted by Gasteiger charge is -2.21. The van der Waals surface area contributed by atoms with Gasteiger partial charge in [-0.05, 0) is 31.0 Å². The van der Waals surface area contributed by atoms with Gasteiger partial charge in [0.25, 0.3) is 0 Å². The number of hydrogen-bond acceptors (Lipinski definition) is 5. The quantitative estimate of drug-likeness (QED) is 0.780. The maximum atomic E-state index is 12.7. The van der Waals surface area contributed by atoms with Crippen molar-refractivity contribution in [1.29, 1.82) is 0 Å². The molecule has 1 aliphatic heterocycles. The van der Waals surface area contributed by atoms with Gasteiger partial charge in [0.2, 0.25) is 20.0 Å². The summed E-state index contributed by atoms with van der Waals surface area (Å²) in [4.78, 5) is 0.212. The Labute approximate surface area is 144 Å². The Morgan fingerprint density at radius 1 is 1.17 bits per heavy atom. The van der Waals surface area contributed by atoms with Gasteiger partial charge in [-0.1, -0.05) is 12.1 Å². The van der Waals surface area contributed by atoms with Crippen LogP contribution >= 0.6 is 0 Å². The van der Waals surface area contributed by atoms with Crippen LogP contribution < -0.4 is 4.72 Å². The molecular weight excluding hydrogens is 352 g/mol. The highest BCUT2D eigenvalue weighted by atomic mass is 32.2. The summed E-state index contributed by atoms with van der Waals surface area (Å²) in [5.74, 6) is -0.572. The molecule has 1 fully saturated rings. The molecule has 0 saturated carbocycles. The first-order valence-electron chi connectivity index (χ1n) is 7.60. The van der Waals surface area contributed by atoms with Gasteiger partial charge in [-0.25, -0.2) is 25.9 Å². The van der Waals surface area contributed by atoms with Crippen LogP contribution in [0.4, 0.5) is 0 Å². The molecule has 136 valence electrons. The lowest BCUT2D eigenvalue weighted by molar-refractivity contribution is 0.185. The largest absolute Gasteiger partial charge is 0.379 e. The first kappa shape index (κ1) is 19.3. The van der Waals surface area contributed by atoms with Crippen molar-refractivity contribution in [3.63, 3.8) is 0 Å². The summed E-state index contributed by atoms with van der Waals surface area (Å²) in [5, 5.41) is 0. The number of ether oxygens (including phenoxy) is 1. The van der Waals surface area contributed by atoms with Gasteiger partial charge >= 0.3 is 0 Å². The number of nitrogens with one attached hydrogen (secondary N) is 1. The van der Waals surface area contributed by atoms with E-state index in [0.29, 0.717) is 5.56 Å². The van der Waals surface area contributed by atoms with E-state index in [1.54, 1.807) is 19.1 Å². The van der Waals surface area contributed by atoms with Crippen LogP contribution in [0.3, 0.4) is 0 Å². The van der Waals surface area contributed by atoms with Crippen LogP contribution in [-0.2, 0) is 24.8 Å². The topological polar surface area (TPSA) is 92.8 Å². The third-order valence-corrected chi connectivity index (χ3v) is 7.71. The maximum absolute atomic E-state index is 12.7. The molecule has 24 heavy (non-hydrogen) atoms. The average Bonchev–Trinajstić information content (AvgIpc) is 2.87. The minimum atomic E-state index is -3.74. The minimum absolute atomic E-state index is 0.153.